The van der Waals surface area contributed by atoms with Crippen LogP contribution in [-0.2, 0) is 7.05 Å². The van der Waals surface area contributed by atoms with Crippen molar-refractivity contribution < 1.29 is 19.0 Å². The second-order valence-corrected chi connectivity index (χ2v) is 5.23. The Morgan fingerprint density at radius 3 is 2.71 bits per heavy atom. The van der Waals surface area contributed by atoms with Crippen molar-refractivity contribution in [1.29, 1.82) is 0 Å². The molecule has 24 heavy (non-hydrogen) atoms. The minimum Gasteiger partial charge on any atom is -0.454 e. The van der Waals surface area contributed by atoms with Crippen molar-refractivity contribution in [1.82, 2.24) is 9.78 Å². The molecular weight excluding hydrogens is 312 g/mol. The Balaban J connectivity index is 1.74. The van der Waals surface area contributed by atoms with E-state index in [1.807, 2.05) is 0 Å². The summed E-state index contributed by atoms with van der Waals surface area (Å²) in [5.74, 6) is 0.767. The Morgan fingerprint density at radius 1 is 1.12 bits per heavy atom. The highest BCUT2D eigenvalue weighted by Gasteiger charge is 2.19. The Hall–Kier alpha value is -3.35. The molecule has 0 fully saturated rings. The minimum atomic E-state index is -0.652. The van der Waals surface area contributed by atoms with E-state index in [0.717, 1.165) is 4.68 Å². The van der Waals surface area contributed by atoms with E-state index in [9.17, 15) is 9.59 Å². The second-order valence-electron chi connectivity index (χ2n) is 5.23. The third-order valence-electron chi connectivity index (χ3n) is 3.70. The standard InChI is InChI=1S/C17H12N2O5/c1-19-16(20)12-5-3-2-4-11(12)15(18-19)17(21)24-10-6-7-13-14(8-10)23-9-22-13/h2-8H,9H2,1H3. The highest BCUT2D eigenvalue weighted by atomic mass is 16.7. The quantitative estimate of drug-likeness (QED) is 0.529. The first-order chi connectivity index (χ1) is 11.6. The van der Waals surface area contributed by atoms with Crippen LogP contribution in [0.3, 0.4) is 0 Å². The molecule has 2 heterocycles. The summed E-state index contributed by atoms with van der Waals surface area (Å²) < 4.78 is 17.0. The van der Waals surface area contributed by atoms with Crippen LogP contribution in [0.2, 0.25) is 0 Å². The van der Waals surface area contributed by atoms with Gasteiger partial charge in [-0.2, -0.15) is 5.10 Å². The number of rotatable bonds is 2. The van der Waals surface area contributed by atoms with E-state index < -0.39 is 5.97 Å². The summed E-state index contributed by atoms with van der Waals surface area (Å²) >= 11 is 0. The van der Waals surface area contributed by atoms with E-state index in [1.54, 1.807) is 42.5 Å². The van der Waals surface area contributed by atoms with E-state index in [-0.39, 0.29) is 18.0 Å². The van der Waals surface area contributed by atoms with E-state index in [1.165, 1.54) is 7.05 Å². The fraction of sp³-hybridized carbons (Fsp3) is 0.118. The van der Waals surface area contributed by atoms with Gasteiger partial charge in [0, 0.05) is 18.5 Å². The van der Waals surface area contributed by atoms with Gasteiger partial charge in [0.05, 0.1) is 5.39 Å². The normalized spacial score (nSPS) is 12.4. The zero-order valence-electron chi connectivity index (χ0n) is 12.7. The first kappa shape index (κ1) is 14.3. The summed E-state index contributed by atoms with van der Waals surface area (Å²) in [6.07, 6.45) is 0. The molecule has 1 aliphatic heterocycles. The molecule has 4 rings (SSSR count). The SMILES string of the molecule is Cn1nc(C(=O)Oc2ccc3c(c2)OCO3)c2ccccc2c1=O. The van der Waals surface area contributed by atoms with Crippen molar-refractivity contribution in [2.75, 3.05) is 6.79 Å². The van der Waals surface area contributed by atoms with Gasteiger partial charge in [0.1, 0.15) is 5.75 Å². The van der Waals surface area contributed by atoms with Crippen LogP contribution in [-0.4, -0.2) is 22.5 Å². The van der Waals surface area contributed by atoms with Crippen LogP contribution in [0.25, 0.3) is 10.8 Å². The largest absolute Gasteiger partial charge is 0.454 e. The maximum Gasteiger partial charge on any atom is 0.364 e. The summed E-state index contributed by atoms with van der Waals surface area (Å²) in [6.45, 7) is 0.139. The van der Waals surface area contributed by atoms with Crippen LogP contribution >= 0.6 is 0 Å². The molecule has 0 atom stereocenters. The van der Waals surface area contributed by atoms with E-state index >= 15 is 0 Å². The van der Waals surface area contributed by atoms with Crippen molar-refractivity contribution in [3.05, 3.63) is 58.5 Å². The lowest BCUT2D eigenvalue weighted by Crippen LogP contribution is -2.24. The molecule has 0 bridgehead atoms. The minimum absolute atomic E-state index is 0.0744. The number of carbonyl (C=O) groups is 1. The molecule has 1 aliphatic rings. The Kier molecular flexibility index (Phi) is 3.19. The van der Waals surface area contributed by atoms with Crippen molar-refractivity contribution in [2.24, 2.45) is 7.05 Å². The van der Waals surface area contributed by atoms with Gasteiger partial charge in [-0.3, -0.25) is 4.79 Å². The summed E-state index contributed by atoms with van der Waals surface area (Å²) in [6, 6.07) is 11.6. The average Bonchev–Trinajstić information content (AvgIpc) is 3.06. The van der Waals surface area contributed by atoms with Crippen LogP contribution in [0.1, 0.15) is 10.5 Å². The number of nitrogens with zero attached hydrogens (tertiary/aromatic N) is 2. The molecule has 0 saturated carbocycles. The molecule has 7 heteroatoms. The lowest BCUT2D eigenvalue weighted by atomic mass is 10.1. The van der Waals surface area contributed by atoms with Gasteiger partial charge in [-0.05, 0) is 18.2 Å². The Bertz CT molecular complexity index is 1030. The molecule has 0 saturated heterocycles. The molecule has 0 radical (unpaired) electrons. The van der Waals surface area contributed by atoms with Crippen molar-refractivity contribution in [3.63, 3.8) is 0 Å². The maximum absolute atomic E-state index is 12.5. The smallest absolute Gasteiger partial charge is 0.364 e. The topological polar surface area (TPSA) is 79.7 Å². The van der Waals surface area contributed by atoms with E-state index in [2.05, 4.69) is 5.10 Å². The van der Waals surface area contributed by atoms with Gasteiger partial charge < -0.3 is 14.2 Å². The van der Waals surface area contributed by atoms with Crippen LogP contribution in [0, 0.1) is 0 Å². The molecule has 0 spiro atoms. The monoisotopic (exact) mass is 324 g/mol. The highest BCUT2D eigenvalue weighted by Crippen LogP contribution is 2.35. The second kappa shape index (κ2) is 5.38. The van der Waals surface area contributed by atoms with Crippen molar-refractivity contribution >= 4 is 16.7 Å². The summed E-state index contributed by atoms with van der Waals surface area (Å²) in [4.78, 5) is 24.6. The first-order valence-electron chi connectivity index (χ1n) is 7.21. The zero-order chi connectivity index (χ0) is 16.7. The van der Waals surface area contributed by atoms with Gasteiger partial charge in [0.2, 0.25) is 6.79 Å². The average molecular weight is 324 g/mol. The number of carbonyl (C=O) groups excluding carboxylic acids is 1. The fourth-order valence-electron chi connectivity index (χ4n) is 2.55. The molecule has 0 unspecified atom stereocenters. The van der Waals surface area contributed by atoms with Crippen molar-refractivity contribution in [3.8, 4) is 17.2 Å². The number of hydrogen-bond acceptors (Lipinski definition) is 6. The molecule has 2 aromatic carbocycles. The van der Waals surface area contributed by atoms with Crippen LogP contribution in [0.5, 0.6) is 17.2 Å². The van der Waals surface area contributed by atoms with Gasteiger partial charge >= 0.3 is 5.97 Å². The van der Waals surface area contributed by atoms with E-state index in [0.29, 0.717) is 28.0 Å². The summed E-state index contributed by atoms with van der Waals surface area (Å²) in [5.41, 5.74) is -0.199. The number of benzene rings is 2. The Labute approximate surface area is 136 Å². The summed E-state index contributed by atoms with van der Waals surface area (Å²) in [5, 5.41) is 4.90. The maximum atomic E-state index is 12.5. The van der Waals surface area contributed by atoms with Gasteiger partial charge in [0.25, 0.3) is 5.56 Å². The molecule has 120 valence electrons. The van der Waals surface area contributed by atoms with Gasteiger partial charge in [-0.1, -0.05) is 18.2 Å². The molecule has 0 amide bonds. The van der Waals surface area contributed by atoms with E-state index in [4.69, 9.17) is 14.2 Å². The number of ether oxygens (including phenoxy) is 3. The molecule has 1 aromatic heterocycles. The van der Waals surface area contributed by atoms with Crippen LogP contribution in [0.4, 0.5) is 0 Å². The molecule has 7 nitrogen and oxygen atoms in total. The number of esters is 1. The molecule has 0 N–H and O–H groups in total. The Morgan fingerprint density at radius 2 is 1.88 bits per heavy atom. The molecular formula is C17H12N2O5. The molecule has 3 aromatic rings. The predicted octanol–water partition coefficient (Wildman–Crippen LogP) is 1.88. The lowest BCUT2D eigenvalue weighted by molar-refractivity contribution is 0.0728. The third kappa shape index (κ3) is 2.26. The highest BCUT2D eigenvalue weighted by molar-refractivity contribution is 6.02. The number of aryl methyl sites for hydroxylation is 1. The van der Waals surface area contributed by atoms with Crippen LogP contribution in [0.15, 0.2) is 47.3 Å². The third-order valence-corrected chi connectivity index (χ3v) is 3.70. The lowest BCUT2D eigenvalue weighted by Gasteiger charge is -2.08. The van der Waals surface area contributed by atoms with Gasteiger partial charge in [-0.15, -0.1) is 0 Å². The fourth-order valence-corrected chi connectivity index (χ4v) is 2.55. The van der Waals surface area contributed by atoms with Crippen LogP contribution < -0.4 is 19.8 Å². The predicted molar refractivity (Wildman–Crippen MR) is 84.5 cm³/mol. The van der Waals surface area contributed by atoms with Gasteiger partial charge in [-0.25, -0.2) is 9.48 Å². The molecule has 0 aliphatic carbocycles. The summed E-state index contributed by atoms with van der Waals surface area (Å²) in [7, 11) is 1.49. The van der Waals surface area contributed by atoms with Gasteiger partial charge in [0.15, 0.2) is 17.2 Å². The zero-order valence-corrected chi connectivity index (χ0v) is 12.7. The number of fused-ring (bicyclic) bond motifs is 2. The number of aromatic nitrogens is 2. The van der Waals surface area contributed by atoms with Crippen molar-refractivity contribution in [2.45, 2.75) is 0 Å². The first-order valence-corrected chi connectivity index (χ1v) is 7.21. The number of hydrogen-bond donors (Lipinski definition) is 0.